The average molecular weight is 860 g/mol. The van der Waals surface area contributed by atoms with Crippen LogP contribution < -0.4 is 32.0 Å². The zero-order chi connectivity index (χ0) is 44.2. The molecule has 3 aliphatic heterocycles. The number of hydrogen-bond acceptors (Lipinski definition) is 12. The van der Waals surface area contributed by atoms with E-state index in [1.54, 1.807) is 44.5 Å². The molecule has 0 saturated carbocycles. The summed E-state index contributed by atoms with van der Waals surface area (Å²) in [6.45, 7) is 13.3. The fourth-order valence-corrected chi connectivity index (χ4v) is 9.23. The Bertz CT molecular complexity index is 2860. The molecule has 0 aliphatic carbocycles. The number of nitrogens with zero attached hydrogens (tertiary/aromatic N) is 11. The Morgan fingerprint density at radius 2 is 1.56 bits per heavy atom. The van der Waals surface area contributed by atoms with Crippen molar-refractivity contribution in [1.82, 2.24) is 48.5 Å². The minimum Gasteiger partial charge on any atom is -0.382 e. The van der Waals surface area contributed by atoms with Gasteiger partial charge in [-0.15, -0.1) is 4.68 Å². The highest BCUT2D eigenvalue weighted by molar-refractivity contribution is 6.07. The number of allylic oxidation sites excluding steroid dienone is 2. The molecule has 0 unspecified atom stereocenters. The van der Waals surface area contributed by atoms with E-state index < -0.39 is 23.6 Å². The number of ether oxygens (including phenoxy) is 1. The summed E-state index contributed by atoms with van der Waals surface area (Å²) >= 11 is 0. The molecule has 1 spiro atoms. The number of anilines is 3. The minimum atomic E-state index is -0.667. The summed E-state index contributed by atoms with van der Waals surface area (Å²) in [5, 5.41) is 19.1. The summed E-state index contributed by atoms with van der Waals surface area (Å²) in [7, 11) is 0. The van der Waals surface area contributed by atoms with Crippen LogP contribution in [0.1, 0.15) is 86.5 Å². The van der Waals surface area contributed by atoms with Gasteiger partial charge in [-0.1, -0.05) is 12.2 Å². The van der Waals surface area contributed by atoms with E-state index in [0.29, 0.717) is 70.1 Å². The summed E-state index contributed by atoms with van der Waals surface area (Å²) in [6, 6.07) is 4.88. The van der Waals surface area contributed by atoms with Gasteiger partial charge in [0.25, 0.3) is 11.7 Å². The van der Waals surface area contributed by atoms with E-state index in [1.165, 1.54) is 12.3 Å². The van der Waals surface area contributed by atoms with Gasteiger partial charge >= 0.3 is 11.7 Å². The quantitative estimate of drug-likeness (QED) is 0.109. The van der Waals surface area contributed by atoms with Crippen LogP contribution in [0.25, 0.3) is 27.9 Å². The third-order valence-corrected chi connectivity index (χ3v) is 12.4. The van der Waals surface area contributed by atoms with Crippen LogP contribution in [-0.2, 0) is 30.9 Å². The summed E-state index contributed by atoms with van der Waals surface area (Å²) in [6.07, 6.45) is 8.43. The van der Waals surface area contributed by atoms with Gasteiger partial charge in [0, 0.05) is 76.3 Å². The molecule has 4 amide bonds. The van der Waals surface area contributed by atoms with Gasteiger partial charge in [-0.3, -0.25) is 39.1 Å². The van der Waals surface area contributed by atoms with E-state index in [1.807, 2.05) is 30.6 Å². The molecule has 2 saturated heterocycles. The molecule has 9 rings (SSSR count). The zero-order valence-electron chi connectivity index (χ0n) is 35.8. The first-order chi connectivity index (χ1) is 30.4. The number of likely N-dealkylation sites (tertiary alicyclic amines) is 1. The van der Waals surface area contributed by atoms with Crippen molar-refractivity contribution in [3.8, 4) is 5.69 Å². The van der Waals surface area contributed by atoms with E-state index in [0.717, 1.165) is 52.1 Å². The largest absolute Gasteiger partial charge is 0.382 e. The van der Waals surface area contributed by atoms with Crippen molar-refractivity contribution in [2.24, 2.45) is 16.9 Å². The van der Waals surface area contributed by atoms with Crippen molar-refractivity contribution in [1.29, 1.82) is 0 Å². The van der Waals surface area contributed by atoms with Gasteiger partial charge in [-0.05, 0) is 70.2 Å². The number of nitrogens with one attached hydrogen (secondary N) is 3. The van der Waals surface area contributed by atoms with E-state index in [9.17, 15) is 19.2 Å². The fraction of sp³-hybridized carbons (Fsp3) is 0.429. The predicted molar refractivity (Wildman–Crippen MR) is 232 cm³/mol. The maximum absolute atomic E-state index is 14.8. The van der Waals surface area contributed by atoms with Crippen molar-refractivity contribution in [3.63, 3.8) is 0 Å². The number of nitrogens with two attached hydrogens (primary N) is 2. The van der Waals surface area contributed by atoms with E-state index in [2.05, 4.69) is 25.8 Å². The molecule has 1 aromatic carbocycles. The number of fused-ring (bicyclic) bond motifs is 9. The number of amides is 4. The van der Waals surface area contributed by atoms with Crippen LogP contribution >= 0.6 is 0 Å². The fourth-order valence-electron chi connectivity index (χ4n) is 9.23. The lowest BCUT2D eigenvalue weighted by Gasteiger charge is -2.33. The molecular weight excluding hydrogens is 809 g/mol. The number of rotatable bonds is 8. The summed E-state index contributed by atoms with van der Waals surface area (Å²) in [5.74, 6) is -1.45. The lowest BCUT2D eigenvalue weighted by atomic mass is 9.80. The van der Waals surface area contributed by atoms with Gasteiger partial charge in [-0.25, -0.2) is 15.0 Å². The Hall–Kier alpha value is -7.00. The predicted octanol–water partition coefficient (Wildman–Crippen LogP) is 2.29. The summed E-state index contributed by atoms with van der Waals surface area (Å²) in [4.78, 5) is 70.8. The number of primary amides is 2. The first kappa shape index (κ1) is 41.4. The molecule has 63 heavy (non-hydrogen) atoms. The molecule has 3 aliphatic rings. The van der Waals surface area contributed by atoms with E-state index in [4.69, 9.17) is 36.4 Å². The van der Waals surface area contributed by atoms with E-state index in [-0.39, 0.29) is 47.6 Å². The third kappa shape index (κ3) is 7.45. The van der Waals surface area contributed by atoms with Crippen LogP contribution in [0.2, 0.25) is 0 Å². The monoisotopic (exact) mass is 859 g/mol. The smallest absolute Gasteiger partial charge is 0.331 e. The van der Waals surface area contributed by atoms with Crippen molar-refractivity contribution < 1.29 is 28.5 Å². The average Bonchev–Trinajstić information content (AvgIpc) is 4.06. The Labute approximate surface area is 361 Å². The number of hydrogen-bond donors (Lipinski definition) is 5. The maximum Gasteiger partial charge on any atom is 0.331 e. The highest BCUT2D eigenvalue weighted by Gasteiger charge is 2.40. The number of carbonyl (C=O) groups is 4. The van der Waals surface area contributed by atoms with Crippen molar-refractivity contribution in [2.45, 2.75) is 73.1 Å². The Kier molecular flexibility index (Phi) is 10.7. The first-order valence-corrected chi connectivity index (χ1v) is 21.3. The van der Waals surface area contributed by atoms with Crippen molar-refractivity contribution in [3.05, 3.63) is 70.7 Å². The molecule has 328 valence electrons. The van der Waals surface area contributed by atoms with Gasteiger partial charge < -0.3 is 31.0 Å². The SMILES string of the molecule is CCn1nc(C)c2c1C(=O)Nc1nc3cc(C(N)=O)cc(NCCN4CCC5(CCOCC5)C4)c3n1C/C=C/Cn1c(nc3cc(C(N)=O)cnc31)NC(=O)c1n(CC)nc(C)[n+]1-2. The Morgan fingerprint density at radius 1 is 0.873 bits per heavy atom. The number of imidazole rings is 2. The third-order valence-electron chi connectivity index (χ3n) is 12.4. The zero-order valence-corrected chi connectivity index (χ0v) is 35.8. The van der Waals surface area contributed by atoms with Crippen LogP contribution in [-0.4, -0.2) is 112 Å². The van der Waals surface area contributed by atoms with Gasteiger partial charge in [0.2, 0.25) is 23.7 Å². The maximum atomic E-state index is 14.8. The second-order valence-corrected chi connectivity index (χ2v) is 16.3. The molecule has 2 fully saturated rings. The van der Waals surface area contributed by atoms with Crippen LogP contribution in [0.4, 0.5) is 17.6 Å². The lowest BCUT2D eigenvalue weighted by molar-refractivity contribution is -0.606. The second-order valence-electron chi connectivity index (χ2n) is 16.3. The highest BCUT2D eigenvalue weighted by atomic mass is 16.5. The topological polar surface area (TPSA) is 257 Å². The molecule has 7 N–H and O–H groups in total. The molecule has 21 nitrogen and oxygen atoms in total. The van der Waals surface area contributed by atoms with Gasteiger partial charge in [-0.2, -0.15) is 9.67 Å². The molecule has 8 heterocycles. The van der Waals surface area contributed by atoms with Crippen molar-refractivity contribution >= 4 is 63.4 Å². The van der Waals surface area contributed by atoms with E-state index >= 15 is 0 Å². The number of aryl methyl sites for hydroxylation is 4. The Balaban J connectivity index is 1.18. The standard InChI is InChI=1S/C42H50N16O5/c1-5-56-33-31(24(3)51-56)58-25(4)52-57(6-2)39(58)38(62)50-41-48-30-21-27(35(44)60)22-46-36(30)55(41)14-8-7-13-54-32-28(19-26(34(43)59)20-29(32)47-40(54)49-37(33)61)45-12-16-53-15-9-42(23-53)10-17-63-18-11-42/h7-8,19-22,45H,5-6,9-18,23H2,1-4H3,(H5-,43,44,47,48,49,50,59,60,61,62)/p+1/b8-7+. The lowest BCUT2D eigenvalue weighted by Crippen LogP contribution is -2.44. The van der Waals surface area contributed by atoms with Gasteiger partial charge in [0.1, 0.15) is 12.1 Å². The minimum absolute atomic E-state index is 0.119. The van der Waals surface area contributed by atoms with Gasteiger partial charge in [0.15, 0.2) is 17.0 Å². The first-order valence-electron chi connectivity index (χ1n) is 21.3. The number of carbonyl (C=O) groups excluding carboxylic acids is 4. The van der Waals surface area contributed by atoms with Crippen LogP contribution in [0, 0.1) is 19.3 Å². The molecule has 5 aromatic heterocycles. The molecule has 21 heteroatoms. The number of aromatic nitrogens is 10. The van der Waals surface area contributed by atoms with Crippen LogP contribution in [0.15, 0.2) is 36.5 Å². The molecular formula is C42H51N16O5+. The number of benzene rings is 1. The van der Waals surface area contributed by atoms with Crippen LogP contribution in [0.5, 0.6) is 0 Å². The second kappa shape index (κ2) is 16.4. The molecule has 6 aromatic rings. The van der Waals surface area contributed by atoms with Crippen molar-refractivity contribution in [2.75, 3.05) is 55.3 Å². The van der Waals surface area contributed by atoms with Gasteiger partial charge in [0.05, 0.1) is 28.0 Å². The highest BCUT2D eigenvalue weighted by Crippen LogP contribution is 2.39. The summed E-state index contributed by atoms with van der Waals surface area (Å²) < 4.78 is 14.0. The summed E-state index contributed by atoms with van der Waals surface area (Å²) in [5.41, 5.74) is 15.7. The molecule has 0 atom stereocenters. The molecule has 0 radical (unpaired) electrons. The van der Waals surface area contributed by atoms with Crippen LogP contribution in [0.3, 0.4) is 0 Å². The number of pyridine rings is 1. The Morgan fingerprint density at radius 3 is 2.29 bits per heavy atom. The molecule has 0 bridgehead atoms. The normalized spacial score (nSPS) is 17.3.